The summed E-state index contributed by atoms with van der Waals surface area (Å²) in [6.45, 7) is 5.45. The SMILES string of the molecule is CC(C)(C)OC(=O)n1nc(I)c2cc(Cl)ccc21. The summed E-state index contributed by atoms with van der Waals surface area (Å²) in [6.07, 6.45) is -0.488. The Kier molecular flexibility index (Phi) is 3.55. The van der Waals surface area contributed by atoms with Crippen LogP contribution in [0.15, 0.2) is 18.2 Å². The summed E-state index contributed by atoms with van der Waals surface area (Å²) in [6, 6.07) is 5.27. The van der Waals surface area contributed by atoms with Crippen LogP contribution < -0.4 is 0 Å². The highest BCUT2D eigenvalue weighted by Crippen LogP contribution is 2.24. The molecule has 0 saturated carbocycles. The average molecular weight is 379 g/mol. The van der Waals surface area contributed by atoms with Gasteiger partial charge in [0.1, 0.15) is 9.30 Å². The van der Waals surface area contributed by atoms with E-state index in [1.54, 1.807) is 18.2 Å². The second-order valence-electron chi connectivity index (χ2n) is 4.84. The molecule has 96 valence electrons. The van der Waals surface area contributed by atoms with E-state index in [0.717, 1.165) is 9.09 Å². The predicted octanol–water partition coefficient (Wildman–Crippen LogP) is 4.08. The summed E-state index contributed by atoms with van der Waals surface area (Å²) < 4.78 is 7.28. The number of carbonyl (C=O) groups excluding carboxylic acids is 1. The maximum atomic E-state index is 12.0. The van der Waals surface area contributed by atoms with Crippen molar-refractivity contribution in [2.24, 2.45) is 0 Å². The number of hydrogen-bond donors (Lipinski definition) is 0. The molecular formula is C12H12ClIN2O2. The van der Waals surface area contributed by atoms with Crippen molar-refractivity contribution < 1.29 is 9.53 Å². The van der Waals surface area contributed by atoms with Gasteiger partial charge in [0.05, 0.1) is 5.52 Å². The molecule has 0 aliphatic carbocycles. The first kappa shape index (κ1) is 13.6. The largest absolute Gasteiger partial charge is 0.442 e. The van der Waals surface area contributed by atoms with Crippen molar-refractivity contribution in [3.63, 3.8) is 0 Å². The third-order valence-electron chi connectivity index (χ3n) is 2.16. The van der Waals surface area contributed by atoms with Gasteiger partial charge in [0, 0.05) is 10.4 Å². The van der Waals surface area contributed by atoms with E-state index in [1.807, 2.05) is 20.8 Å². The lowest BCUT2D eigenvalue weighted by Crippen LogP contribution is -2.27. The van der Waals surface area contributed by atoms with Crippen LogP contribution in [0.1, 0.15) is 20.8 Å². The summed E-state index contributed by atoms with van der Waals surface area (Å²) in [5, 5.41) is 5.64. The molecule has 4 nitrogen and oxygen atoms in total. The number of hydrogen-bond acceptors (Lipinski definition) is 3. The van der Waals surface area contributed by atoms with E-state index in [9.17, 15) is 4.79 Å². The van der Waals surface area contributed by atoms with Gasteiger partial charge in [-0.1, -0.05) is 11.6 Å². The number of halogens is 2. The third kappa shape index (κ3) is 2.77. The van der Waals surface area contributed by atoms with E-state index in [4.69, 9.17) is 16.3 Å². The van der Waals surface area contributed by atoms with Crippen molar-refractivity contribution in [3.8, 4) is 0 Å². The second-order valence-corrected chi connectivity index (χ2v) is 6.30. The van der Waals surface area contributed by atoms with Crippen molar-refractivity contribution in [2.75, 3.05) is 0 Å². The molecule has 0 radical (unpaired) electrons. The molecule has 0 bridgehead atoms. The monoisotopic (exact) mass is 378 g/mol. The minimum atomic E-state index is -0.548. The van der Waals surface area contributed by atoms with Crippen molar-refractivity contribution in [1.82, 2.24) is 9.78 Å². The van der Waals surface area contributed by atoms with Crippen molar-refractivity contribution in [3.05, 3.63) is 26.9 Å². The smallest absolute Gasteiger partial charge is 0.435 e. The lowest BCUT2D eigenvalue weighted by molar-refractivity contribution is 0.0522. The van der Waals surface area contributed by atoms with Crippen LogP contribution in [0, 0.1) is 3.70 Å². The van der Waals surface area contributed by atoms with E-state index in [0.29, 0.717) is 10.5 Å². The number of ether oxygens (including phenoxy) is 1. The zero-order valence-corrected chi connectivity index (χ0v) is 13.1. The van der Waals surface area contributed by atoms with Crippen molar-refractivity contribution in [2.45, 2.75) is 26.4 Å². The van der Waals surface area contributed by atoms with E-state index in [2.05, 4.69) is 27.7 Å². The van der Waals surface area contributed by atoms with Crippen LogP contribution in [0.4, 0.5) is 4.79 Å². The van der Waals surface area contributed by atoms with E-state index < -0.39 is 11.7 Å². The van der Waals surface area contributed by atoms with Gasteiger partial charge in [0.2, 0.25) is 0 Å². The Bertz CT molecular complexity index is 616. The molecule has 0 aliphatic rings. The number of rotatable bonds is 0. The van der Waals surface area contributed by atoms with Crippen LogP contribution in [0.3, 0.4) is 0 Å². The van der Waals surface area contributed by atoms with E-state index >= 15 is 0 Å². The summed E-state index contributed by atoms with van der Waals surface area (Å²) >= 11 is 8.00. The molecule has 6 heteroatoms. The lowest BCUT2D eigenvalue weighted by atomic mass is 10.2. The Balaban J connectivity index is 2.49. The molecule has 1 heterocycles. The Labute approximate surface area is 123 Å². The van der Waals surface area contributed by atoms with Gasteiger partial charge < -0.3 is 4.74 Å². The Morgan fingerprint density at radius 3 is 2.72 bits per heavy atom. The van der Waals surface area contributed by atoms with Gasteiger partial charge in [-0.3, -0.25) is 0 Å². The van der Waals surface area contributed by atoms with Crippen LogP contribution in [0.25, 0.3) is 10.9 Å². The van der Waals surface area contributed by atoms with Crippen LogP contribution in [0.5, 0.6) is 0 Å². The summed E-state index contributed by atoms with van der Waals surface area (Å²) in [4.78, 5) is 12.0. The molecule has 0 N–H and O–H groups in total. The third-order valence-corrected chi connectivity index (χ3v) is 3.20. The highest BCUT2D eigenvalue weighted by molar-refractivity contribution is 14.1. The van der Waals surface area contributed by atoms with Gasteiger partial charge >= 0.3 is 6.09 Å². The summed E-state index contributed by atoms with van der Waals surface area (Å²) in [5.41, 5.74) is 0.144. The van der Waals surface area contributed by atoms with Crippen LogP contribution in [-0.4, -0.2) is 21.5 Å². The van der Waals surface area contributed by atoms with Crippen LogP contribution in [-0.2, 0) is 4.74 Å². The highest BCUT2D eigenvalue weighted by atomic mass is 127. The molecule has 2 rings (SSSR count). The predicted molar refractivity (Wildman–Crippen MR) is 79.1 cm³/mol. The number of aromatic nitrogens is 2. The molecule has 0 atom stereocenters. The first-order valence-corrected chi connectivity index (χ1v) is 6.81. The molecule has 1 aromatic heterocycles. The standard InChI is InChI=1S/C12H12ClIN2O2/c1-12(2,3)18-11(17)16-9-5-4-7(13)6-8(9)10(14)15-16/h4-6H,1-3H3. The first-order chi connectivity index (χ1) is 8.28. The Morgan fingerprint density at radius 1 is 1.44 bits per heavy atom. The highest BCUT2D eigenvalue weighted by Gasteiger charge is 2.21. The topological polar surface area (TPSA) is 44.1 Å². The molecule has 0 spiro atoms. The number of fused-ring (bicyclic) bond motifs is 1. The fourth-order valence-electron chi connectivity index (χ4n) is 1.50. The average Bonchev–Trinajstić information content (AvgIpc) is 2.54. The van der Waals surface area contributed by atoms with Gasteiger partial charge in [-0.2, -0.15) is 9.78 Å². The molecule has 0 fully saturated rings. The quantitative estimate of drug-likeness (QED) is 0.649. The number of nitrogens with zero attached hydrogens (tertiary/aromatic N) is 2. The van der Waals surface area contributed by atoms with Gasteiger partial charge in [-0.05, 0) is 61.6 Å². The van der Waals surface area contributed by atoms with Crippen molar-refractivity contribution in [1.29, 1.82) is 0 Å². The maximum Gasteiger partial charge on any atom is 0.435 e. The van der Waals surface area contributed by atoms with E-state index in [-0.39, 0.29) is 0 Å². The van der Waals surface area contributed by atoms with Gasteiger partial charge in [-0.15, -0.1) is 0 Å². The van der Waals surface area contributed by atoms with Crippen LogP contribution in [0.2, 0.25) is 5.02 Å². The fraction of sp³-hybridized carbons (Fsp3) is 0.333. The van der Waals surface area contributed by atoms with Crippen LogP contribution >= 0.6 is 34.2 Å². The van der Waals surface area contributed by atoms with E-state index in [1.165, 1.54) is 4.68 Å². The molecule has 0 unspecified atom stereocenters. The Hall–Kier alpha value is -0.820. The summed E-state index contributed by atoms with van der Waals surface area (Å²) in [5.74, 6) is 0. The summed E-state index contributed by atoms with van der Waals surface area (Å²) in [7, 11) is 0. The molecular weight excluding hydrogens is 367 g/mol. The Morgan fingerprint density at radius 2 is 2.11 bits per heavy atom. The molecule has 1 aromatic carbocycles. The zero-order valence-electron chi connectivity index (χ0n) is 10.2. The second kappa shape index (κ2) is 4.70. The van der Waals surface area contributed by atoms with Gasteiger partial charge in [0.25, 0.3) is 0 Å². The van der Waals surface area contributed by atoms with Gasteiger partial charge in [-0.25, -0.2) is 4.79 Å². The zero-order chi connectivity index (χ0) is 13.5. The van der Waals surface area contributed by atoms with Gasteiger partial charge in [0.15, 0.2) is 0 Å². The maximum absolute atomic E-state index is 12.0. The number of carbonyl (C=O) groups is 1. The molecule has 0 aliphatic heterocycles. The molecule has 2 aromatic rings. The molecule has 18 heavy (non-hydrogen) atoms. The molecule has 0 amide bonds. The first-order valence-electron chi connectivity index (χ1n) is 5.35. The van der Waals surface area contributed by atoms with Crippen molar-refractivity contribution >= 4 is 51.2 Å². The minimum absolute atomic E-state index is 0.488. The fourth-order valence-corrected chi connectivity index (χ4v) is 2.32. The number of benzene rings is 1. The normalized spacial score (nSPS) is 11.8. The molecule has 0 saturated heterocycles. The lowest BCUT2D eigenvalue weighted by Gasteiger charge is -2.19. The minimum Gasteiger partial charge on any atom is -0.442 e.